The maximum Gasteiger partial charge on any atom is -0.00876 e. The molecule has 0 spiro atoms. The van der Waals surface area contributed by atoms with Gasteiger partial charge in [0, 0.05) is 0 Å². The Morgan fingerprint density at radius 2 is 2.07 bits per heavy atom. The summed E-state index contributed by atoms with van der Waals surface area (Å²) in [6, 6.07) is 8.99. The van der Waals surface area contributed by atoms with Crippen LogP contribution < -0.4 is 0 Å². The van der Waals surface area contributed by atoms with Gasteiger partial charge in [0.1, 0.15) is 0 Å². The normalized spacial score (nSPS) is 33.9. The van der Waals surface area contributed by atoms with Crippen molar-refractivity contribution in [2.75, 3.05) is 0 Å². The zero-order valence-electron chi connectivity index (χ0n) is 8.61. The van der Waals surface area contributed by atoms with Gasteiger partial charge in [0.25, 0.3) is 0 Å². The lowest BCUT2D eigenvalue weighted by atomic mass is 9.77. The number of hydrogen-bond donors (Lipinski definition) is 0. The first-order chi connectivity index (χ1) is 6.86. The molecule has 2 aliphatic carbocycles. The maximum absolute atomic E-state index is 2.40. The molecule has 1 aromatic rings. The van der Waals surface area contributed by atoms with E-state index in [0.29, 0.717) is 0 Å². The first-order valence-electron chi connectivity index (χ1n) is 5.61. The average molecular weight is 184 g/mol. The molecule has 0 heteroatoms. The lowest BCUT2D eigenvalue weighted by Crippen LogP contribution is -2.18. The van der Waals surface area contributed by atoms with Gasteiger partial charge in [-0.1, -0.05) is 43.3 Å². The molecular formula is C14H16. The van der Waals surface area contributed by atoms with E-state index in [4.69, 9.17) is 0 Å². The molecule has 0 nitrogen and oxygen atoms in total. The minimum atomic E-state index is 0.765. The average Bonchev–Trinajstić information content (AvgIpc) is 2.59. The molecule has 0 heterocycles. The third-order valence-electron chi connectivity index (χ3n) is 3.93. The van der Waals surface area contributed by atoms with Crippen LogP contribution in [0, 0.1) is 11.8 Å². The molecule has 2 aliphatic rings. The van der Waals surface area contributed by atoms with Crippen molar-refractivity contribution in [3.8, 4) is 0 Å². The van der Waals surface area contributed by atoms with Gasteiger partial charge in [0.2, 0.25) is 0 Å². The molecule has 0 saturated heterocycles. The van der Waals surface area contributed by atoms with Crippen molar-refractivity contribution >= 4 is 0 Å². The van der Waals surface area contributed by atoms with Gasteiger partial charge >= 0.3 is 0 Å². The zero-order valence-corrected chi connectivity index (χ0v) is 8.61. The molecule has 72 valence electrons. The van der Waals surface area contributed by atoms with Crippen molar-refractivity contribution in [1.82, 2.24) is 0 Å². The van der Waals surface area contributed by atoms with Crippen molar-refractivity contribution in [1.29, 1.82) is 0 Å². The first kappa shape index (κ1) is 8.28. The van der Waals surface area contributed by atoms with Gasteiger partial charge in [0.05, 0.1) is 0 Å². The molecule has 0 fully saturated rings. The van der Waals surface area contributed by atoms with Crippen LogP contribution in [0.2, 0.25) is 0 Å². The minimum Gasteiger partial charge on any atom is -0.0876 e. The predicted molar refractivity (Wildman–Crippen MR) is 59.3 cm³/mol. The van der Waals surface area contributed by atoms with Crippen LogP contribution in [0.15, 0.2) is 36.4 Å². The lowest BCUT2D eigenvalue weighted by molar-refractivity contribution is 0.355. The molecule has 3 atom stereocenters. The van der Waals surface area contributed by atoms with Gasteiger partial charge in [-0.25, -0.2) is 0 Å². The molecule has 14 heavy (non-hydrogen) atoms. The standard InChI is InChI=1S/C14H16/c1-10-5-4-8-13-12-7-3-2-6-11(12)9-14(10)13/h2-7,10,13-14H,8-9H2,1H3. The van der Waals surface area contributed by atoms with Crippen LogP contribution in [0.4, 0.5) is 0 Å². The van der Waals surface area contributed by atoms with E-state index in [1.54, 1.807) is 11.1 Å². The Labute approximate surface area is 85.6 Å². The molecule has 3 rings (SSSR count). The van der Waals surface area contributed by atoms with E-state index < -0.39 is 0 Å². The summed E-state index contributed by atoms with van der Waals surface area (Å²) in [5.74, 6) is 2.45. The molecule has 0 amide bonds. The molecule has 0 aromatic heterocycles. The van der Waals surface area contributed by atoms with Gasteiger partial charge in [-0.15, -0.1) is 0 Å². The fraction of sp³-hybridized carbons (Fsp3) is 0.429. The van der Waals surface area contributed by atoms with Crippen LogP contribution in [-0.2, 0) is 6.42 Å². The smallest absolute Gasteiger partial charge is 0.00876 e. The van der Waals surface area contributed by atoms with Crippen LogP contribution in [0.1, 0.15) is 30.4 Å². The molecule has 0 aliphatic heterocycles. The van der Waals surface area contributed by atoms with Crippen LogP contribution >= 0.6 is 0 Å². The molecular weight excluding hydrogens is 168 g/mol. The van der Waals surface area contributed by atoms with Crippen molar-refractivity contribution < 1.29 is 0 Å². The van der Waals surface area contributed by atoms with Gasteiger partial charge in [-0.3, -0.25) is 0 Å². The number of fused-ring (bicyclic) bond motifs is 3. The lowest BCUT2D eigenvalue weighted by Gasteiger charge is -2.27. The van der Waals surface area contributed by atoms with Crippen LogP contribution in [0.25, 0.3) is 0 Å². The largest absolute Gasteiger partial charge is 0.0876 e. The third kappa shape index (κ3) is 1.06. The Morgan fingerprint density at radius 3 is 3.00 bits per heavy atom. The molecule has 0 saturated carbocycles. The summed E-state index contributed by atoms with van der Waals surface area (Å²) in [5, 5.41) is 0. The summed E-state index contributed by atoms with van der Waals surface area (Å²) in [5.41, 5.74) is 3.21. The van der Waals surface area contributed by atoms with E-state index in [1.807, 2.05) is 0 Å². The predicted octanol–water partition coefficient (Wildman–Crippen LogP) is 3.54. The highest BCUT2D eigenvalue weighted by Crippen LogP contribution is 2.46. The Morgan fingerprint density at radius 1 is 1.21 bits per heavy atom. The summed E-state index contributed by atoms with van der Waals surface area (Å²) in [6.45, 7) is 2.36. The van der Waals surface area contributed by atoms with Crippen LogP contribution in [0.5, 0.6) is 0 Å². The number of rotatable bonds is 0. The Hall–Kier alpha value is -1.04. The number of benzene rings is 1. The van der Waals surface area contributed by atoms with Gasteiger partial charge in [0.15, 0.2) is 0 Å². The van der Waals surface area contributed by atoms with Crippen molar-refractivity contribution in [2.45, 2.75) is 25.7 Å². The number of allylic oxidation sites excluding steroid dienone is 2. The minimum absolute atomic E-state index is 0.765. The van der Waals surface area contributed by atoms with Crippen molar-refractivity contribution in [2.24, 2.45) is 11.8 Å². The second kappa shape index (κ2) is 2.98. The molecule has 3 unspecified atom stereocenters. The molecule has 0 N–H and O–H groups in total. The summed E-state index contributed by atoms with van der Waals surface area (Å²) in [4.78, 5) is 0. The highest BCUT2D eigenvalue weighted by Gasteiger charge is 2.35. The highest BCUT2D eigenvalue weighted by molar-refractivity contribution is 5.38. The van der Waals surface area contributed by atoms with E-state index >= 15 is 0 Å². The SMILES string of the molecule is CC1C=CCC2c3ccccc3CC12. The second-order valence-corrected chi connectivity index (χ2v) is 4.70. The zero-order chi connectivity index (χ0) is 9.54. The molecule has 0 bridgehead atoms. The van der Waals surface area contributed by atoms with E-state index in [0.717, 1.165) is 17.8 Å². The topological polar surface area (TPSA) is 0 Å². The van der Waals surface area contributed by atoms with Gasteiger partial charge < -0.3 is 0 Å². The van der Waals surface area contributed by atoms with Crippen molar-refractivity contribution in [3.05, 3.63) is 47.5 Å². The summed E-state index contributed by atoms with van der Waals surface area (Å²) in [7, 11) is 0. The van der Waals surface area contributed by atoms with E-state index in [-0.39, 0.29) is 0 Å². The van der Waals surface area contributed by atoms with Gasteiger partial charge in [-0.2, -0.15) is 0 Å². The highest BCUT2D eigenvalue weighted by atomic mass is 14.4. The van der Waals surface area contributed by atoms with E-state index in [2.05, 4.69) is 43.3 Å². The Balaban J connectivity index is 2.04. The van der Waals surface area contributed by atoms with Crippen molar-refractivity contribution in [3.63, 3.8) is 0 Å². The molecule has 0 radical (unpaired) electrons. The quantitative estimate of drug-likeness (QED) is 0.541. The van der Waals surface area contributed by atoms with E-state index in [9.17, 15) is 0 Å². The summed E-state index contributed by atoms with van der Waals surface area (Å²) >= 11 is 0. The fourth-order valence-electron chi connectivity index (χ4n) is 3.15. The monoisotopic (exact) mass is 184 g/mol. The maximum atomic E-state index is 2.40. The summed E-state index contributed by atoms with van der Waals surface area (Å²) in [6.07, 6.45) is 7.32. The van der Waals surface area contributed by atoms with Crippen LogP contribution in [0.3, 0.4) is 0 Å². The fourth-order valence-corrected chi connectivity index (χ4v) is 3.15. The Kier molecular flexibility index (Phi) is 1.76. The first-order valence-corrected chi connectivity index (χ1v) is 5.61. The summed E-state index contributed by atoms with van der Waals surface area (Å²) < 4.78 is 0. The third-order valence-corrected chi connectivity index (χ3v) is 3.93. The second-order valence-electron chi connectivity index (χ2n) is 4.70. The van der Waals surface area contributed by atoms with Crippen LogP contribution in [-0.4, -0.2) is 0 Å². The van der Waals surface area contributed by atoms with E-state index in [1.165, 1.54) is 12.8 Å². The molecule has 1 aromatic carbocycles. The Bertz CT molecular complexity index is 375. The number of hydrogen-bond acceptors (Lipinski definition) is 0. The van der Waals surface area contributed by atoms with Gasteiger partial charge in [-0.05, 0) is 41.7 Å².